The molecule has 1 heterocycles. The summed E-state index contributed by atoms with van der Waals surface area (Å²) < 4.78 is 1.17. The molecule has 0 saturated carbocycles. The van der Waals surface area contributed by atoms with Crippen molar-refractivity contribution in [3.63, 3.8) is 0 Å². The van der Waals surface area contributed by atoms with Gasteiger partial charge in [0, 0.05) is 22.2 Å². The fraction of sp³-hybridized carbons (Fsp3) is 0.533. The lowest BCUT2D eigenvalue weighted by Gasteiger charge is -2.26. The second kappa shape index (κ2) is 5.59. The van der Waals surface area contributed by atoms with Gasteiger partial charge in [-0.05, 0) is 71.5 Å². The number of halogens is 1. The molecule has 0 bridgehead atoms. The molecule has 1 aromatic rings. The van der Waals surface area contributed by atoms with Crippen LogP contribution in [-0.2, 0) is 0 Å². The van der Waals surface area contributed by atoms with E-state index in [-0.39, 0.29) is 5.91 Å². The Balaban J connectivity index is 2.10. The van der Waals surface area contributed by atoms with Crippen molar-refractivity contribution in [2.24, 2.45) is 5.41 Å². The van der Waals surface area contributed by atoms with Crippen LogP contribution in [-0.4, -0.2) is 23.9 Å². The third-order valence-electron chi connectivity index (χ3n) is 4.32. The van der Waals surface area contributed by atoms with E-state index in [0.717, 1.165) is 25.1 Å². The van der Waals surface area contributed by atoms with Crippen LogP contribution in [0.1, 0.15) is 43.5 Å². The van der Waals surface area contributed by atoms with Crippen molar-refractivity contribution < 1.29 is 4.79 Å². The number of carbonyl (C=O) groups is 1. The van der Waals surface area contributed by atoms with Gasteiger partial charge in [0.25, 0.3) is 5.91 Å². The first-order chi connectivity index (χ1) is 8.60. The van der Waals surface area contributed by atoms with E-state index in [0.29, 0.717) is 5.41 Å². The van der Waals surface area contributed by atoms with Crippen molar-refractivity contribution in [3.05, 3.63) is 33.4 Å². The summed E-state index contributed by atoms with van der Waals surface area (Å²) in [6.45, 7) is 6.31. The summed E-state index contributed by atoms with van der Waals surface area (Å²) in [5.74, 6) is 0.190. The van der Waals surface area contributed by atoms with Gasteiger partial charge in [0.15, 0.2) is 0 Å². The van der Waals surface area contributed by atoms with Gasteiger partial charge in [-0.15, -0.1) is 0 Å². The number of amides is 1. The lowest BCUT2D eigenvalue weighted by Crippen LogP contribution is -2.31. The van der Waals surface area contributed by atoms with Gasteiger partial charge in [-0.1, -0.05) is 13.8 Å². The molecule has 0 atom stereocenters. The molecule has 18 heavy (non-hydrogen) atoms. The number of likely N-dealkylation sites (tertiary alicyclic amines) is 1. The van der Waals surface area contributed by atoms with Crippen molar-refractivity contribution >= 4 is 28.5 Å². The molecule has 0 aromatic heterocycles. The first kappa shape index (κ1) is 13.8. The molecule has 98 valence electrons. The number of rotatable bonds is 3. The Morgan fingerprint density at radius 3 is 2.39 bits per heavy atom. The number of hydrogen-bond acceptors (Lipinski definition) is 1. The molecular formula is C15H20INO. The Morgan fingerprint density at radius 2 is 1.89 bits per heavy atom. The zero-order valence-corrected chi connectivity index (χ0v) is 13.2. The van der Waals surface area contributed by atoms with Gasteiger partial charge in [0.05, 0.1) is 0 Å². The van der Waals surface area contributed by atoms with Crippen LogP contribution in [0.5, 0.6) is 0 Å². The Labute approximate surface area is 123 Å². The highest BCUT2D eigenvalue weighted by molar-refractivity contribution is 14.1. The number of nitrogens with zero attached hydrogens (tertiary/aromatic N) is 1. The Bertz CT molecular complexity index is 423. The molecular weight excluding hydrogens is 337 g/mol. The van der Waals surface area contributed by atoms with Crippen molar-refractivity contribution in [2.45, 2.75) is 33.1 Å². The van der Waals surface area contributed by atoms with Crippen LogP contribution in [0.4, 0.5) is 0 Å². The molecule has 0 radical (unpaired) electrons. The SMILES string of the molecule is CCC1(CC)CCN(C(=O)c2ccc(I)cc2)C1. The van der Waals surface area contributed by atoms with Gasteiger partial charge in [0.2, 0.25) is 0 Å². The third-order valence-corrected chi connectivity index (χ3v) is 5.04. The Kier molecular flexibility index (Phi) is 4.30. The van der Waals surface area contributed by atoms with E-state index in [1.807, 2.05) is 29.2 Å². The Morgan fingerprint density at radius 1 is 1.28 bits per heavy atom. The van der Waals surface area contributed by atoms with Crippen LogP contribution < -0.4 is 0 Å². The van der Waals surface area contributed by atoms with Crippen LogP contribution in [0.25, 0.3) is 0 Å². The number of hydrogen-bond donors (Lipinski definition) is 0. The summed E-state index contributed by atoms with van der Waals surface area (Å²) in [5.41, 5.74) is 1.18. The minimum Gasteiger partial charge on any atom is -0.338 e. The number of carbonyl (C=O) groups excluding carboxylic acids is 1. The van der Waals surface area contributed by atoms with E-state index in [9.17, 15) is 4.79 Å². The summed E-state index contributed by atoms with van der Waals surface area (Å²) in [6, 6.07) is 7.86. The molecule has 1 amide bonds. The first-order valence-electron chi connectivity index (χ1n) is 6.65. The summed E-state index contributed by atoms with van der Waals surface area (Å²) in [4.78, 5) is 14.4. The predicted molar refractivity (Wildman–Crippen MR) is 82.7 cm³/mol. The normalized spacial score (nSPS) is 18.1. The predicted octanol–water partition coefficient (Wildman–Crippen LogP) is 3.94. The fourth-order valence-corrected chi connectivity index (χ4v) is 3.07. The highest BCUT2D eigenvalue weighted by atomic mass is 127. The van der Waals surface area contributed by atoms with Gasteiger partial charge in [-0.2, -0.15) is 0 Å². The molecule has 0 aliphatic carbocycles. The summed E-state index contributed by atoms with van der Waals surface area (Å²) >= 11 is 2.26. The number of benzene rings is 1. The van der Waals surface area contributed by atoms with Gasteiger partial charge >= 0.3 is 0 Å². The van der Waals surface area contributed by atoms with Crippen LogP contribution in [0.15, 0.2) is 24.3 Å². The summed E-state index contributed by atoms with van der Waals surface area (Å²) in [7, 11) is 0. The average molecular weight is 357 g/mol. The zero-order valence-electron chi connectivity index (χ0n) is 11.1. The van der Waals surface area contributed by atoms with Crippen LogP contribution in [0.3, 0.4) is 0 Å². The molecule has 0 unspecified atom stereocenters. The summed E-state index contributed by atoms with van der Waals surface area (Å²) in [6.07, 6.45) is 3.48. The molecule has 2 nitrogen and oxygen atoms in total. The second-order valence-electron chi connectivity index (χ2n) is 5.19. The van der Waals surface area contributed by atoms with E-state index >= 15 is 0 Å². The van der Waals surface area contributed by atoms with Crippen molar-refractivity contribution in [1.82, 2.24) is 4.90 Å². The smallest absolute Gasteiger partial charge is 0.253 e. The quantitative estimate of drug-likeness (QED) is 0.751. The van der Waals surface area contributed by atoms with Gasteiger partial charge in [0.1, 0.15) is 0 Å². The standard InChI is InChI=1S/C15H20INO/c1-3-15(4-2)9-10-17(11-15)14(18)12-5-7-13(16)8-6-12/h5-8H,3-4,9-11H2,1-2H3. The lowest BCUT2D eigenvalue weighted by atomic mass is 9.82. The van der Waals surface area contributed by atoms with E-state index in [4.69, 9.17) is 0 Å². The molecule has 0 N–H and O–H groups in total. The highest BCUT2D eigenvalue weighted by Crippen LogP contribution is 2.37. The minimum absolute atomic E-state index is 0.190. The third kappa shape index (κ3) is 2.71. The minimum atomic E-state index is 0.190. The maximum atomic E-state index is 12.4. The zero-order chi connectivity index (χ0) is 13.2. The topological polar surface area (TPSA) is 20.3 Å². The van der Waals surface area contributed by atoms with E-state index < -0.39 is 0 Å². The lowest BCUT2D eigenvalue weighted by molar-refractivity contribution is 0.0770. The second-order valence-corrected chi connectivity index (χ2v) is 6.44. The average Bonchev–Trinajstić information content (AvgIpc) is 2.84. The van der Waals surface area contributed by atoms with E-state index in [1.54, 1.807) is 0 Å². The van der Waals surface area contributed by atoms with Gasteiger partial charge in [-0.25, -0.2) is 0 Å². The van der Waals surface area contributed by atoms with Crippen molar-refractivity contribution in [1.29, 1.82) is 0 Å². The maximum Gasteiger partial charge on any atom is 0.253 e. The van der Waals surface area contributed by atoms with Crippen molar-refractivity contribution in [3.8, 4) is 0 Å². The monoisotopic (exact) mass is 357 g/mol. The molecule has 3 heteroatoms. The Hall–Kier alpha value is -0.580. The molecule has 1 saturated heterocycles. The molecule has 1 aromatic carbocycles. The molecule has 2 rings (SSSR count). The largest absolute Gasteiger partial charge is 0.338 e. The van der Waals surface area contributed by atoms with Gasteiger partial charge < -0.3 is 4.90 Å². The van der Waals surface area contributed by atoms with Gasteiger partial charge in [-0.3, -0.25) is 4.79 Å². The highest BCUT2D eigenvalue weighted by Gasteiger charge is 2.37. The fourth-order valence-electron chi connectivity index (χ4n) is 2.71. The maximum absolute atomic E-state index is 12.4. The van der Waals surface area contributed by atoms with Crippen LogP contribution in [0, 0.1) is 8.99 Å². The molecule has 1 aliphatic rings. The van der Waals surface area contributed by atoms with E-state index in [1.165, 1.54) is 16.4 Å². The first-order valence-corrected chi connectivity index (χ1v) is 7.73. The molecule has 0 spiro atoms. The molecule has 1 fully saturated rings. The van der Waals surface area contributed by atoms with Crippen LogP contribution in [0.2, 0.25) is 0 Å². The van der Waals surface area contributed by atoms with E-state index in [2.05, 4.69) is 36.4 Å². The van der Waals surface area contributed by atoms with Crippen molar-refractivity contribution in [2.75, 3.05) is 13.1 Å². The molecule has 1 aliphatic heterocycles. The summed E-state index contributed by atoms with van der Waals surface area (Å²) in [5, 5.41) is 0. The van der Waals surface area contributed by atoms with Crippen LogP contribution >= 0.6 is 22.6 Å².